The lowest BCUT2D eigenvalue weighted by molar-refractivity contribution is 0.0938. The van der Waals surface area contributed by atoms with Gasteiger partial charge in [-0.2, -0.15) is 0 Å². The van der Waals surface area contributed by atoms with Gasteiger partial charge in [-0.15, -0.1) is 5.10 Å². The number of aromatic nitrogens is 2. The molecule has 3 aromatic rings. The Morgan fingerprint density at radius 3 is 2.59 bits per heavy atom. The van der Waals surface area contributed by atoms with Crippen molar-refractivity contribution < 1.29 is 9.21 Å². The van der Waals surface area contributed by atoms with Crippen molar-refractivity contribution in [3.8, 4) is 0 Å². The molecule has 0 aliphatic carbocycles. The first-order valence-electron chi connectivity index (χ1n) is 9.21. The summed E-state index contributed by atoms with van der Waals surface area (Å²) in [5, 5.41) is 11.5. The molecule has 1 fully saturated rings. The maximum Gasteiger partial charge on any atom is 0.318 e. The monoisotopic (exact) mass is 362 g/mol. The maximum atomic E-state index is 12.8. The summed E-state index contributed by atoms with van der Waals surface area (Å²) < 4.78 is 5.93. The Labute approximate surface area is 158 Å². The lowest BCUT2D eigenvalue weighted by Gasteiger charge is -2.16. The number of carbonyl (C=O) groups excluding carboxylic acids is 1. The summed E-state index contributed by atoms with van der Waals surface area (Å²) >= 11 is 0. The first-order chi connectivity index (χ1) is 13.2. The number of anilines is 1. The molecule has 1 aliphatic heterocycles. The van der Waals surface area contributed by atoms with Gasteiger partial charge in [0, 0.05) is 18.7 Å². The smallest absolute Gasteiger partial charge is 0.318 e. The molecular weight excluding hydrogens is 340 g/mol. The van der Waals surface area contributed by atoms with Crippen LogP contribution in [0.4, 0.5) is 6.01 Å². The normalized spacial score (nSPS) is 14.9. The highest BCUT2D eigenvalue weighted by Crippen LogP contribution is 2.26. The van der Waals surface area contributed by atoms with Crippen LogP contribution in [0.2, 0.25) is 0 Å². The Hall–Kier alpha value is -3.15. The van der Waals surface area contributed by atoms with Crippen LogP contribution in [0.25, 0.3) is 0 Å². The Morgan fingerprint density at radius 1 is 1.07 bits per heavy atom. The molecule has 6 nitrogen and oxygen atoms in total. The third kappa shape index (κ3) is 3.84. The second kappa shape index (κ2) is 7.61. The van der Waals surface area contributed by atoms with Crippen molar-refractivity contribution in [2.45, 2.75) is 25.8 Å². The third-order valence-corrected chi connectivity index (χ3v) is 4.74. The van der Waals surface area contributed by atoms with Gasteiger partial charge in [-0.1, -0.05) is 53.1 Å². The van der Waals surface area contributed by atoms with Crippen molar-refractivity contribution in [3.63, 3.8) is 0 Å². The van der Waals surface area contributed by atoms with Crippen molar-refractivity contribution in [2.24, 2.45) is 0 Å². The average molecular weight is 362 g/mol. The van der Waals surface area contributed by atoms with E-state index in [4.69, 9.17) is 4.42 Å². The van der Waals surface area contributed by atoms with Crippen molar-refractivity contribution in [1.82, 2.24) is 15.5 Å². The number of hydrogen-bond acceptors (Lipinski definition) is 5. The van der Waals surface area contributed by atoms with Crippen molar-refractivity contribution >= 4 is 11.9 Å². The van der Waals surface area contributed by atoms with Crippen LogP contribution in [0, 0.1) is 6.92 Å². The fraction of sp³-hybridized carbons (Fsp3) is 0.286. The summed E-state index contributed by atoms with van der Waals surface area (Å²) in [4.78, 5) is 14.9. The van der Waals surface area contributed by atoms with Gasteiger partial charge in [0.2, 0.25) is 5.89 Å². The summed E-state index contributed by atoms with van der Waals surface area (Å²) in [6.45, 7) is 3.81. The van der Waals surface area contributed by atoms with Crippen LogP contribution < -0.4 is 10.2 Å². The maximum absolute atomic E-state index is 12.8. The second-order valence-corrected chi connectivity index (χ2v) is 6.80. The van der Waals surface area contributed by atoms with Crippen LogP contribution in [0.1, 0.15) is 46.3 Å². The molecule has 1 unspecified atom stereocenters. The van der Waals surface area contributed by atoms with E-state index >= 15 is 0 Å². The van der Waals surface area contributed by atoms with Crippen LogP contribution in [0.15, 0.2) is 59.0 Å². The third-order valence-electron chi connectivity index (χ3n) is 4.74. The van der Waals surface area contributed by atoms with E-state index < -0.39 is 6.04 Å². The highest BCUT2D eigenvalue weighted by atomic mass is 16.4. The standard InChI is InChI=1S/C21H22N4O2/c1-15-8-7-11-17(14-15)19(26)22-18(16-9-3-2-4-10-16)20-23-24-21(27-20)25-12-5-6-13-25/h2-4,7-11,14,18H,5-6,12-13H2,1H3,(H,22,26). The van der Waals surface area contributed by atoms with E-state index in [1.807, 2.05) is 55.5 Å². The highest BCUT2D eigenvalue weighted by molar-refractivity contribution is 5.94. The highest BCUT2D eigenvalue weighted by Gasteiger charge is 2.26. The fourth-order valence-corrected chi connectivity index (χ4v) is 3.31. The van der Waals surface area contributed by atoms with E-state index in [1.54, 1.807) is 6.07 Å². The molecule has 138 valence electrons. The zero-order valence-electron chi connectivity index (χ0n) is 15.3. The molecular formula is C21H22N4O2. The quantitative estimate of drug-likeness (QED) is 0.752. The number of carbonyl (C=O) groups is 1. The van der Waals surface area contributed by atoms with Gasteiger partial charge in [0.1, 0.15) is 6.04 Å². The minimum Gasteiger partial charge on any atom is -0.405 e. The number of nitrogens with one attached hydrogen (secondary N) is 1. The van der Waals surface area contributed by atoms with Crippen molar-refractivity contribution in [3.05, 3.63) is 77.2 Å². The predicted octanol–water partition coefficient (Wildman–Crippen LogP) is 3.50. The molecule has 1 saturated heterocycles. The number of amides is 1. The molecule has 1 atom stereocenters. The van der Waals surface area contributed by atoms with Crippen LogP contribution >= 0.6 is 0 Å². The molecule has 4 rings (SSSR count). The van der Waals surface area contributed by atoms with Crippen LogP contribution in [0.3, 0.4) is 0 Å². The summed E-state index contributed by atoms with van der Waals surface area (Å²) in [6, 6.07) is 17.2. The predicted molar refractivity (Wildman–Crippen MR) is 103 cm³/mol. The molecule has 0 saturated carbocycles. The van der Waals surface area contributed by atoms with Gasteiger partial charge in [0.15, 0.2) is 0 Å². The van der Waals surface area contributed by atoms with E-state index in [0.29, 0.717) is 17.5 Å². The van der Waals surface area contributed by atoms with Gasteiger partial charge in [-0.05, 0) is 37.5 Å². The van der Waals surface area contributed by atoms with E-state index in [0.717, 1.165) is 37.1 Å². The van der Waals surface area contributed by atoms with Crippen molar-refractivity contribution in [1.29, 1.82) is 0 Å². The number of hydrogen-bond donors (Lipinski definition) is 1. The lowest BCUT2D eigenvalue weighted by atomic mass is 10.1. The van der Waals surface area contributed by atoms with Gasteiger partial charge in [-0.3, -0.25) is 4.79 Å². The largest absolute Gasteiger partial charge is 0.405 e. The minimum atomic E-state index is -0.497. The van der Waals surface area contributed by atoms with Crippen molar-refractivity contribution in [2.75, 3.05) is 18.0 Å². The number of aryl methyl sites for hydroxylation is 1. The molecule has 6 heteroatoms. The molecule has 0 radical (unpaired) electrons. The van der Waals surface area contributed by atoms with Crippen LogP contribution in [-0.4, -0.2) is 29.2 Å². The fourth-order valence-electron chi connectivity index (χ4n) is 3.31. The Bertz CT molecular complexity index is 917. The molecule has 2 heterocycles. The summed E-state index contributed by atoms with van der Waals surface area (Å²) in [6.07, 6.45) is 2.26. The molecule has 1 aliphatic rings. The molecule has 0 spiro atoms. The van der Waals surface area contributed by atoms with E-state index in [-0.39, 0.29) is 5.91 Å². The first kappa shape index (κ1) is 17.3. The summed E-state index contributed by atoms with van der Waals surface area (Å²) in [5.41, 5.74) is 2.54. The van der Waals surface area contributed by atoms with E-state index in [9.17, 15) is 4.79 Å². The van der Waals surface area contributed by atoms with Gasteiger partial charge >= 0.3 is 6.01 Å². The lowest BCUT2D eigenvalue weighted by Crippen LogP contribution is -2.29. The zero-order chi connectivity index (χ0) is 18.6. The summed E-state index contributed by atoms with van der Waals surface area (Å²) in [5.74, 6) is 0.220. The van der Waals surface area contributed by atoms with Crippen LogP contribution in [-0.2, 0) is 0 Å². The zero-order valence-corrected chi connectivity index (χ0v) is 15.3. The van der Waals surface area contributed by atoms with Crippen LogP contribution in [0.5, 0.6) is 0 Å². The van der Waals surface area contributed by atoms with E-state index in [2.05, 4.69) is 20.4 Å². The average Bonchev–Trinajstić information content (AvgIpc) is 3.38. The summed E-state index contributed by atoms with van der Waals surface area (Å²) in [7, 11) is 0. The number of rotatable bonds is 5. The Kier molecular flexibility index (Phi) is 4.87. The molecule has 1 aromatic heterocycles. The second-order valence-electron chi connectivity index (χ2n) is 6.80. The molecule has 1 N–H and O–H groups in total. The molecule has 0 bridgehead atoms. The molecule has 1 amide bonds. The number of benzene rings is 2. The Morgan fingerprint density at radius 2 is 1.85 bits per heavy atom. The first-order valence-corrected chi connectivity index (χ1v) is 9.21. The molecule has 2 aromatic carbocycles. The number of nitrogens with zero attached hydrogens (tertiary/aromatic N) is 3. The van der Waals surface area contributed by atoms with Gasteiger partial charge in [0.25, 0.3) is 5.91 Å². The topological polar surface area (TPSA) is 71.3 Å². The van der Waals surface area contributed by atoms with Gasteiger partial charge in [0.05, 0.1) is 0 Å². The Balaban J connectivity index is 1.62. The minimum absolute atomic E-state index is 0.173. The van der Waals surface area contributed by atoms with E-state index in [1.165, 1.54) is 0 Å². The molecule has 27 heavy (non-hydrogen) atoms. The van der Waals surface area contributed by atoms with Gasteiger partial charge in [-0.25, -0.2) is 0 Å². The SMILES string of the molecule is Cc1cccc(C(=O)NC(c2ccccc2)c2nnc(N3CCCC3)o2)c1. The van der Waals surface area contributed by atoms with Gasteiger partial charge < -0.3 is 14.6 Å².